The molecule has 4 rings (SSSR count). The van der Waals surface area contributed by atoms with Crippen LogP contribution in [-0.2, 0) is 0 Å². The monoisotopic (exact) mass is 439 g/mol. The fourth-order valence-corrected chi connectivity index (χ4v) is 6.12. The number of hydrogen-bond acceptors (Lipinski definition) is 1. The molecule has 33 heavy (non-hydrogen) atoms. The van der Waals surface area contributed by atoms with Gasteiger partial charge in [-0.05, 0) is 75.5 Å². The molecule has 0 aromatic heterocycles. The van der Waals surface area contributed by atoms with Crippen LogP contribution in [0.3, 0.4) is 0 Å². The predicted molar refractivity (Wildman–Crippen MR) is 144 cm³/mol. The van der Waals surface area contributed by atoms with Gasteiger partial charge in [-0.3, -0.25) is 0 Å². The van der Waals surface area contributed by atoms with E-state index >= 15 is 0 Å². The SMILES string of the molecule is C=C/C=C(/C=C(/[C@@H]1CC2CC=CC=C2C2C=CC=CC21)N(C)C(C)(C)C1=CC(C)=CC1)CC. The molecule has 4 aliphatic rings. The Labute approximate surface area is 202 Å². The lowest BCUT2D eigenvalue weighted by molar-refractivity contribution is 0.166. The highest BCUT2D eigenvalue weighted by molar-refractivity contribution is 5.41. The highest BCUT2D eigenvalue weighted by atomic mass is 15.2. The minimum Gasteiger partial charge on any atom is -0.369 e. The number of fused-ring (bicyclic) bond motifs is 3. The van der Waals surface area contributed by atoms with Crippen molar-refractivity contribution in [1.82, 2.24) is 4.90 Å². The lowest BCUT2D eigenvalue weighted by Crippen LogP contribution is -2.46. The van der Waals surface area contributed by atoms with Gasteiger partial charge in [0.05, 0.1) is 5.54 Å². The molecule has 0 saturated heterocycles. The van der Waals surface area contributed by atoms with Crippen LogP contribution < -0.4 is 0 Å². The lowest BCUT2D eigenvalue weighted by Gasteiger charge is -2.49. The number of hydrogen-bond donors (Lipinski definition) is 0. The number of rotatable bonds is 7. The van der Waals surface area contributed by atoms with Gasteiger partial charge in [0, 0.05) is 24.6 Å². The molecule has 0 aromatic rings. The van der Waals surface area contributed by atoms with E-state index in [1.165, 1.54) is 35.3 Å². The van der Waals surface area contributed by atoms with Gasteiger partial charge >= 0.3 is 0 Å². The zero-order valence-corrected chi connectivity index (χ0v) is 21.2. The summed E-state index contributed by atoms with van der Waals surface area (Å²) in [4.78, 5) is 2.60. The summed E-state index contributed by atoms with van der Waals surface area (Å²) in [5, 5.41) is 0. The normalized spacial score (nSPS) is 29.2. The lowest BCUT2D eigenvalue weighted by atomic mass is 9.61. The maximum absolute atomic E-state index is 3.98. The van der Waals surface area contributed by atoms with Gasteiger partial charge in [-0.15, -0.1) is 0 Å². The van der Waals surface area contributed by atoms with Gasteiger partial charge in [0.15, 0.2) is 0 Å². The minimum atomic E-state index is -0.0422. The quantitative estimate of drug-likeness (QED) is 0.361. The van der Waals surface area contributed by atoms with Crippen LogP contribution in [0.2, 0.25) is 0 Å². The second-order valence-electron chi connectivity index (χ2n) is 10.6. The fourth-order valence-electron chi connectivity index (χ4n) is 6.12. The van der Waals surface area contributed by atoms with Crippen molar-refractivity contribution in [3.05, 3.63) is 107 Å². The van der Waals surface area contributed by atoms with Crippen LogP contribution in [0.15, 0.2) is 107 Å². The van der Waals surface area contributed by atoms with Crippen LogP contribution in [0, 0.1) is 23.7 Å². The first-order valence-corrected chi connectivity index (χ1v) is 12.7. The molecule has 0 amide bonds. The third kappa shape index (κ3) is 4.60. The van der Waals surface area contributed by atoms with Gasteiger partial charge in [0.2, 0.25) is 0 Å². The molecule has 0 spiro atoms. The van der Waals surface area contributed by atoms with Crippen LogP contribution in [0.4, 0.5) is 0 Å². The second kappa shape index (κ2) is 9.75. The highest BCUT2D eigenvalue weighted by Gasteiger charge is 2.43. The van der Waals surface area contributed by atoms with Crippen molar-refractivity contribution in [2.24, 2.45) is 23.7 Å². The molecule has 1 heteroatoms. The summed E-state index contributed by atoms with van der Waals surface area (Å²) in [5.74, 6) is 2.14. The maximum Gasteiger partial charge on any atom is 0.0557 e. The Bertz CT molecular complexity index is 1020. The van der Waals surface area contributed by atoms with Gasteiger partial charge in [-0.25, -0.2) is 0 Å². The van der Waals surface area contributed by atoms with E-state index in [1.54, 1.807) is 5.57 Å². The van der Waals surface area contributed by atoms with Crippen molar-refractivity contribution in [2.45, 2.75) is 58.9 Å². The van der Waals surface area contributed by atoms with Crippen LogP contribution in [-0.4, -0.2) is 17.5 Å². The third-order valence-electron chi connectivity index (χ3n) is 8.39. The second-order valence-corrected chi connectivity index (χ2v) is 10.6. The maximum atomic E-state index is 3.98. The van der Waals surface area contributed by atoms with Gasteiger partial charge in [-0.1, -0.05) is 91.5 Å². The van der Waals surface area contributed by atoms with Gasteiger partial charge < -0.3 is 4.90 Å². The molecule has 1 saturated carbocycles. The Morgan fingerprint density at radius 1 is 1.21 bits per heavy atom. The molecule has 1 nitrogen and oxygen atoms in total. The van der Waals surface area contributed by atoms with Crippen LogP contribution in [0.1, 0.15) is 53.4 Å². The largest absolute Gasteiger partial charge is 0.369 e. The summed E-state index contributed by atoms with van der Waals surface area (Å²) in [6, 6.07) is 0. The summed E-state index contributed by atoms with van der Waals surface area (Å²) >= 11 is 0. The van der Waals surface area contributed by atoms with Crippen molar-refractivity contribution in [3.8, 4) is 0 Å². The molecule has 0 aliphatic heterocycles. The van der Waals surface area contributed by atoms with E-state index in [0.717, 1.165) is 12.8 Å². The Morgan fingerprint density at radius 3 is 2.70 bits per heavy atom. The summed E-state index contributed by atoms with van der Waals surface area (Å²) in [5.41, 5.74) is 7.32. The van der Waals surface area contributed by atoms with Crippen molar-refractivity contribution in [3.63, 3.8) is 0 Å². The molecule has 0 N–H and O–H groups in total. The average Bonchev–Trinajstić information content (AvgIpc) is 3.28. The van der Waals surface area contributed by atoms with E-state index < -0.39 is 0 Å². The third-order valence-corrected chi connectivity index (χ3v) is 8.39. The zero-order valence-electron chi connectivity index (χ0n) is 21.2. The predicted octanol–water partition coefficient (Wildman–Crippen LogP) is 8.26. The molecular formula is C32H41N. The van der Waals surface area contributed by atoms with Gasteiger partial charge in [-0.2, -0.15) is 0 Å². The summed E-state index contributed by atoms with van der Waals surface area (Å²) in [6.45, 7) is 13.2. The first kappa shape index (κ1) is 23.6. The van der Waals surface area contributed by atoms with E-state index in [-0.39, 0.29) is 5.54 Å². The molecule has 4 aliphatic carbocycles. The molecule has 0 bridgehead atoms. The van der Waals surface area contributed by atoms with Crippen molar-refractivity contribution >= 4 is 0 Å². The molecule has 174 valence electrons. The number of likely N-dealkylation sites (N-methyl/N-ethyl adjacent to an activating group) is 1. The molecule has 0 heterocycles. The van der Waals surface area contributed by atoms with E-state index in [0.29, 0.717) is 23.7 Å². The summed E-state index contributed by atoms with van der Waals surface area (Å²) in [6.07, 6.45) is 32.3. The Kier molecular flexibility index (Phi) is 6.98. The van der Waals surface area contributed by atoms with Crippen molar-refractivity contribution in [1.29, 1.82) is 0 Å². The van der Waals surface area contributed by atoms with Crippen molar-refractivity contribution in [2.75, 3.05) is 7.05 Å². The van der Waals surface area contributed by atoms with Crippen LogP contribution in [0.5, 0.6) is 0 Å². The highest BCUT2D eigenvalue weighted by Crippen LogP contribution is 2.51. The Balaban J connectivity index is 1.78. The molecule has 3 unspecified atom stereocenters. The topological polar surface area (TPSA) is 3.24 Å². The van der Waals surface area contributed by atoms with Gasteiger partial charge in [0.1, 0.15) is 0 Å². The number of allylic oxidation sites excluding steroid dienone is 16. The average molecular weight is 440 g/mol. The first-order valence-electron chi connectivity index (χ1n) is 12.7. The molecule has 0 radical (unpaired) electrons. The summed E-state index contributed by atoms with van der Waals surface area (Å²) < 4.78 is 0. The standard InChI is InChI=1S/C32H41N/c1-7-13-24(8-2)21-31(33(6)32(4,5)26-19-18-23(3)20-26)30-22-25-14-9-10-15-27(25)28-16-11-12-17-29(28)30/h7,9-13,15-18,20-21,25,28-30H,1,8,14,19,22H2,2-6H3/b24-13+,31-21-/t25?,28?,29?,30-/m1/s1. The number of nitrogens with zero attached hydrogens (tertiary/aromatic N) is 1. The van der Waals surface area contributed by atoms with E-state index in [1.807, 2.05) is 6.08 Å². The van der Waals surface area contributed by atoms with Gasteiger partial charge in [0.25, 0.3) is 0 Å². The fraction of sp³-hybridized carbons (Fsp3) is 0.438. The summed E-state index contributed by atoms with van der Waals surface area (Å²) in [7, 11) is 2.32. The minimum absolute atomic E-state index is 0.0422. The first-order chi connectivity index (χ1) is 15.9. The Hall–Kier alpha value is -2.54. The van der Waals surface area contributed by atoms with E-state index in [2.05, 4.69) is 113 Å². The Morgan fingerprint density at radius 2 is 2.00 bits per heavy atom. The smallest absolute Gasteiger partial charge is 0.0557 e. The van der Waals surface area contributed by atoms with E-state index in [9.17, 15) is 0 Å². The van der Waals surface area contributed by atoms with Crippen molar-refractivity contribution < 1.29 is 0 Å². The zero-order chi connectivity index (χ0) is 23.6. The molecule has 4 atom stereocenters. The molecule has 1 fully saturated rings. The molecule has 0 aromatic carbocycles. The van der Waals surface area contributed by atoms with E-state index in [4.69, 9.17) is 0 Å². The van der Waals surface area contributed by atoms with Crippen LogP contribution in [0.25, 0.3) is 0 Å². The van der Waals surface area contributed by atoms with Crippen LogP contribution >= 0.6 is 0 Å². The molecular weight excluding hydrogens is 398 g/mol.